The van der Waals surface area contributed by atoms with Crippen LogP contribution < -0.4 is 19.9 Å². The minimum atomic E-state index is -0.354. The lowest BCUT2D eigenvalue weighted by Gasteiger charge is -2.35. The Bertz CT molecular complexity index is 775. The molecule has 26 heavy (non-hydrogen) atoms. The maximum atomic E-state index is 11.6. The number of para-hydroxylation sites is 2. The van der Waals surface area contributed by atoms with Crippen molar-refractivity contribution in [1.82, 2.24) is 15.1 Å². The van der Waals surface area contributed by atoms with Gasteiger partial charge in [0.1, 0.15) is 11.6 Å². The van der Waals surface area contributed by atoms with Crippen molar-refractivity contribution in [3.8, 4) is 11.5 Å². The molecule has 0 radical (unpaired) electrons. The summed E-state index contributed by atoms with van der Waals surface area (Å²) in [4.78, 5) is 16.0. The molecular weight excluding hydrogens is 356 g/mol. The summed E-state index contributed by atoms with van der Waals surface area (Å²) in [5, 5.41) is 6.38. The van der Waals surface area contributed by atoms with Crippen LogP contribution in [0.3, 0.4) is 0 Å². The van der Waals surface area contributed by atoms with Crippen molar-refractivity contribution in [2.75, 3.05) is 50.8 Å². The highest BCUT2D eigenvalue weighted by molar-refractivity contribution is 6.32. The molecule has 0 amide bonds. The summed E-state index contributed by atoms with van der Waals surface area (Å²) in [5.74, 6) is 1.55. The number of H-pyrrole nitrogens is 1. The first-order valence-corrected chi connectivity index (χ1v) is 9.12. The Morgan fingerprint density at radius 3 is 2.54 bits per heavy atom. The minimum absolute atomic E-state index is 0.198. The van der Waals surface area contributed by atoms with E-state index in [-0.39, 0.29) is 10.6 Å². The van der Waals surface area contributed by atoms with E-state index in [2.05, 4.69) is 20.0 Å². The summed E-state index contributed by atoms with van der Waals surface area (Å²) >= 11 is 6.08. The van der Waals surface area contributed by atoms with Crippen molar-refractivity contribution < 1.29 is 9.47 Å². The topological polar surface area (TPSA) is 70.7 Å². The highest BCUT2D eigenvalue weighted by atomic mass is 35.5. The van der Waals surface area contributed by atoms with E-state index in [9.17, 15) is 4.79 Å². The minimum Gasteiger partial charge on any atom is -0.490 e. The third-order valence-corrected chi connectivity index (χ3v) is 4.67. The molecule has 1 saturated heterocycles. The number of nitrogens with one attached hydrogen (secondary N) is 1. The van der Waals surface area contributed by atoms with Crippen molar-refractivity contribution in [3.05, 3.63) is 45.8 Å². The number of nitrogens with zero attached hydrogens (tertiary/aromatic N) is 3. The Balaban J connectivity index is 1.48. The summed E-state index contributed by atoms with van der Waals surface area (Å²) in [6.45, 7) is 7.33. The Hall–Kier alpha value is -2.25. The molecule has 1 N–H and O–H groups in total. The highest BCUT2D eigenvalue weighted by Gasteiger charge is 2.20. The monoisotopic (exact) mass is 378 g/mol. The van der Waals surface area contributed by atoms with E-state index in [4.69, 9.17) is 21.1 Å². The summed E-state index contributed by atoms with van der Waals surface area (Å²) in [6, 6.07) is 7.71. The van der Waals surface area contributed by atoms with Gasteiger partial charge in [-0.3, -0.25) is 9.69 Å². The molecule has 2 heterocycles. The number of aromatic nitrogens is 2. The fraction of sp³-hybridized carbons (Fsp3) is 0.444. The maximum absolute atomic E-state index is 11.6. The van der Waals surface area contributed by atoms with Crippen molar-refractivity contribution in [3.63, 3.8) is 0 Å². The first-order valence-electron chi connectivity index (χ1n) is 8.74. The van der Waals surface area contributed by atoms with E-state index in [1.54, 1.807) is 6.20 Å². The quantitative estimate of drug-likeness (QED) is 0.794. The second-order valence-corrected chi connectivity index (χ2v) is 6.33. The van der Waals surface area contributed by atoms with Crippen LogP contribution in [0.2, 0.25) is 5.02 Å². The predicted molar refractivity (Wildman–Crippen MR) is 102 cm³/mol. The fourth-order valence-corrected chi connectivity index (χ4v) is 3.15. The molecule has 3 rings (SSSR count). The van der Waals surface area contributed by atoms with Crippen LogP contribution in [0, 0.1) is 0 Å². The number of piperazine rings is 1. The van der Waals surface area contributed by atoms with Crippen molar-refractivity contribution in [1.29, 1.82) is 0 Å². The Kier molecular flexibility index (Phi) is 6.35. The van der Waals surface area contributed by atoms with Gasteiger partial charge in [0.25, 0.3) is 5.56 Å². The van der Waals surface area contributed by atoms with Crippen LogP contribution in [-0.4, -0.2) is 61.0 Å². The summed E-state index contributed by atoms with van der Waals surface area (Å²) in [6.07, 6.45) is 1.60. The second kappa shape index (κ2) is 8.91. The van der Waals surface area contributed by atoms with Crippen molar-refractivity contribution in [2.45, 2.75) is 6.92 Å². The standard InChI is InChI=1S/C18H23ClN4O3/c1-2-25-15-5-3-4-6-16(15)26-12-11-22-7-9-23(10-8-22)14-13-20-21-18(24)17(14)19/h3-6,13H,2,7-12H2,1H3,(H,21,24). The third-order valence-electron chi connectivity index (χ3n) is 4.30. The number of benzene rings is 1. The van der Waals surface area contributed by atoms with Gasteiger partial charge in [-0.25, -0.2) is 5.10 Å². The van der Waals surface area contributed by atoms with E-state index < -0.39 is 0 Å². The molecule has 1 aromatic heterocycles. The van der Waals surface area contributed by atoms with E-state index in [1.165, 1.54) is 0 Å². The molecule has 1 aliphatic heterocycles. The fourth-order valence-electron chi connectivity index (χ4n) is 2.94. The first kappa shape index (κ1) is 18.5. The van der Waals surface area contributed by atoms with Gasteiger partial charge in [-0.2, -0.15) is 5.10 Å². The van der Waals surface area contributed by atoms with Crippen LogP contribution >= 0.6 is 11.6 Å². The van der Waals surface area contributed by atoms with Crippen molar-refractivity contribution >= 4 is 17.3 Å². The molecule has 0 aliphatic carbocycles. The molecule has 140 valence electrons. The van der Waals surface area contributed by atoms with Gasteiger partial charge in [0, 0.05) is 32.7 Å². The Morgan fingerprint density at radius 1 is 1.15 bits per heavy atom. The number of rotatable bonds is 7. The lowest BCUT2D eigenvalue weighted by Crippen LogP contribution is -2.48. The van der Waals surface area contributed by atoms with Gasteiger partial charge in [-0.05, 0) is 19.1 Å². The molecule has 7 nitrogen and oxygen atoms in total. The molecular formula is C18H23ClN4O3. The predicted octanol–water partition coefficient (Wildman–Crippen LogP) is 2.02. The van der Waals surface area contributed by atoms with E-state index in [0.717, 1.165) is 44.2 Å². The van der Waals surface area contributed by atoms with Crippen LogP contribution in [0.5, 0.6) is 11.5 Å². The molecule has 0 spiro atoms. The van der Waals surface area contributed by atoms with Crippen LogP contribution in [0.1, 0.15) is 6.92 Å². The van der Waals surface area contributed by atoms with Crippen LogP contribution in [0.15, 0.2) is 35.3 Å². The van der Waals surface area contributed by atoms with Crippen LogP contribution in [0.4, 0.5) is 5.69 Å². The van der Waals surface area contributed by atoms with Crippen molar-refractivity contribution in [2.24, 2.45) is 0 Å². The Morgan fingerprint density at radius 2 is 1.85 bits per heavy atom. The number of hydrogen-bond acceptors (Lipinski definition) is 6. The average molecular weight is 379 g/mol. The molecule has 0 bridgehead atoms. The van der Waals surface area contributed by atoms with Gasteiger partial charge in [0.2, 0.25) is 0 Å². The zero-order valence-corrected chi connectivity index (χ0v) is 15.5. The van der Waals surface area contributed by atoms with E-state index in [0.29, 0.717) is 18.9 Å². The summed E-state index contributed by atoms with van der Waals surface area (Å²) < 4.78 is 11.5. The number of aromatic amines is 1. The Labute approximate surface area is 157 Å². The molecule has 0 saturated carbocycles. The van der Waals surface area contributed by atoms with Gasteiger partial charge in [-0.15, -0.1) is 0 Å². The number of halogens is 1. The number of ether oxygens (including phenoxy) is 2. The van der Waals surface area contributed by atoms with Gasteiger partial charge >= 0.3 is 0 Å². The molecule has 8 heteroatoms. The number of hydrogen-bond donors (Lipinski definition) is 1. The third kappa shape index (κ3) is 4.47. The summed E-state index contributed by atoms with van der Waals surface area (Å²) in [5.41, 5.74) is 0.338. The van der Waals surface area contributed by atoms with Gasteiger partial charge in [0.15, 0.2) is 11.5 Å². The van der Waals surface area contributed by atoms with E-state index in [1.807, 2.05) is 31.2 Å². The normalized spacial score (nSPS) is 15.1. The largest absolute Gasteiger partial charge is 0.490 e. The lowest BCUT2D eigenvalue weighted by atomic mass is 10.3. The SMILES string of the molecule is CCOc1ccccc1OCCN1CCN(c2cn[nH]c(=O)c2Cl)CC1. The maximum Gasteiger partial charge on any atom is 0.285 e. The molecule has 2 aromatic rings. The zero-order valence-electron chi connectivity index (χ0n) is 14.8. The lowest BCUT2D eigenvalue weighted by molar-refractivity contribution is 0.195. The van der Waals surface area contributed by atoms with Gasteiger partial charge in [-0.1, -0.05) is 23.7 Å². The molecule has 0 unspecified atom stereocenters. The van der Waals surface area contributed by atoms with Crippen LogP contribution in [-0.2, 0) is 0 Å². The zero-order chi connectivity index (χ0) is 18.4. The average Bonchev–Trinajstić information content (AvgIpc) is 2.66. The second-order valence-electron chi connectivity index (χ2n) is 5.96. The molecule has 0 atom stereocenters. The van der Waals surface area contributed by atoms with Crippen LogP contribution in [0.25, 0.3) is 0 Å². The molecule has 1 aliphatic rings. The van der Waals surface area contributed by atoms with Gasteiger partial charge < -0.3 is 14.4 Å². The van der Waals surface area contributed by atoms with E-state index >= 15 is 0 Å². The van der Waals surface area contributed by atoms with Gasteiger partial charge in [0.05, 0.1) is 18.5 Å². The molecule has 1 fully saturated rings. The highest BCUT2D eigenvalue weighted by Crippen LogP contribution is 2.26. The summed E-state index contributed by atoms with van der Waals surface area (Å²) in [7, 11) is 0. The smallest absolute Gasteiger partial charge is 0.285 e. The molecule has 1 aromatic carbocycles. The first-order chi connectivity index (χ1) is 12.7. The number of anilines is 1.